The molecule has 0 aliphatic heterocycles. The van der Waals surface area contributed by atoms with E-state index in [1.165, 1.54) is 0 Å². The molecule has 4 heteroatoms. The summed E-state index contributed by atoms with van der Waals surface area (Å²) in [6.07, 6.45) is 0. The highest BCUT2D eigenvalue weighted by Crippen LogP contribution is 2.21. The third kappa shape index (κ3) is 3.55. The summed E-state index contributed by atoms with van der Waals surface area (Å²) in [4.78, 5) is 22.2. The van der Waals surface area contributed by atoms with Gasteiger partial charge in [-0.2, -0.15) is 0 Å². The van der Waals surface area contributed by atoms with E-state index in [0.717, 1.165) is 28.1 Å². The Hall–Kier alpha value is -3.53. The maximum atomic E-state index is 12.9. The SMILES string of the molecule is Cc1nc2ccccc2nc1CNc1ccccc1C(=O)c1ccccc1. The molecule has 0 aliphatic carbocycles. The van der Waals surface area contributed by atoms with Gasteiger partial charge in [0, 0.05) is 16.8 Å². The Balaban J connectivity index is 1.61. The molecule has 27 heavy (non-hydrogen) atoms. The molecule has 0 saturated heterocycles. The highest BCUT2D eigenvalue weighted by molar-refractivity contribution is 6.12. The molecule has 0 aliphatic rings. The first kappa shape index (κ1) is 16.9. The predicted molar refractivity (Wildman–Crippen MR) is 108 cm³/mol. The van der Waals surface area contributed by atoms with E-state index in [1.54, 1.807) is 0 Å². The zero-order valence-electron chi connectivity index (χ0n) is 15.0. The smallest absolute Gasteiger partial charge is 0.195 e. The molecule has 0 atom stereocenters. The molecule has 0 radical (unpaired) electrons. The molecular formula is C23H19N3O. The van der Waals surface area contributed by atoms with Gasteiger partial charge in [0.2, 0.25) is 0 Å². The summed E-state index contributed by atoms with van der Waals surface area (Å²) in [5, 5.41) is 3.36. The molecule has 0 fully saturated rings. The Kier molecular flexibility index (Phi) is 4.62. The molecular weight excluding hydrogens is 334 g/mol. The summed E-state index contributed by atoms with van der Waals surface area (Å²) in [6.45, 7) is 2.46. The minimum absolute atomic E-state index is 0.0000163. The van der Waals surface area contributed by atoms with Gasteiger partial charge in [-0.25, -0.2) is 9.97 Å². The number of nitrogens with zero attached hydrogens (tertiary/aromatic N) is 2. The van der Waals surface area contributed by atoms with Gasteiger partial charge in [-0.05, 0) is 31.2 Å². The van der Waals surface area contributed by atoms with Crippen LogP contribution in [0.15, 0.2) is 78.9 Å². The topological polar surface area (TPSA) is 54.9 Å². The van der Waals surface area contributed by atoms with Crippen LogP contribution in [0.25, 0.3) is 11.0 Å². The Morgan fingerprint density at radius 1 is 0.815 bits per heavy atom. The first-order valence-electron chi connectivity index (χ1n) is 8.87. The van der Waals surface area contributed by atoms with Crippen molar-refractivity contribution in [2.45, 2.75) is 13.5 Å². The molecule has 132 valence electrons. The number of hydrogen-bond donors (Lipinski definition) is 1. The van der Waals surface area contributed by atoms with Gasteiger partial charge >= 0.3 is 0 Å². The lowest BCUT2D eigenvalue weighted by Gasteiger charge is -2.12. The lowest BCUT2D eigenvalue weighted by atomic mass is 10.0. The normalized spacial score (nSPS) is 10.7. The van der Waals surface area contributed by atoms with E-state index in [1.807, 2.05) is 85.8 Å². The first-order valence-corrected chi connectivity index (χ1v) is 8.87. The number of para-hydroxylation sites is 3. The van der Waals surface area contributed by atoms with Crippen LogP contribution in [-0.4, -0.2) is 15.8 Å². The Labute approximate surface area is 157 Å². The van der Waals surface area contributed by atoms with Crippen molar-refractivity contribution in [1.29, 1.82) is 0 Å². The van der Waals surface area contributed by atoms with E-state index < -0.39 is 0 Å². The predicted octanol–water partition coefficient (Wildman–Crippen LogP) is 4.78. The summed E-state index contributed by atoms with van der Waals surface area (Å²) < 4.78 is 0. The zero-order chi connectivity index (χ0) is 18.6. The van der Waals surface area contributed by atoms with E-state index in [-0.39, 0.29) is 5.78 Å². The van der Waals surface area contributed by atoms with Gasteiger partial charge in [0.1, 0.15) is 0 Å². The Morgan fingerprint density at radius 3 is 2.22 bits per heavy atom. The number of nitrogens with one attached hydrogen (secondary N) is 1. The molecule has 0 bridgehead atoms. The van der Waals surface area contributed by atoms with Gasteiger partial charge in [-0.1, -0.05) is 54.6 Å². The summed E-state index contributed by atoms with van der Waals surface area (Å²) >= 11 is 0. The molecule has 0 amide bonds. The van der Waals surface area contributed by atoms with Crippen molar-refractivity contribution in [3.05, 3.63) is 101 Å². The van der Waals surface area contributed by atoms with Crippen LogP contribution >= 0.6 is 0 Å². The summed E-state index contributed by atoms with van der Waals surface area (Å²) in [6, 6.07) is 24.7. The second-order valence-corrected chi connectivity index (χ2v) is 6.34. The van der Waals surface area contributed by atoms with Crippen LogP contribution in [0.2, 0.25) is 0 Å². The number of carbonyl (C=O) groups is 1. The van der Waals surface area contributed by atoms with Gasteiger partial charge in [-0.15, -0.1) is 0 Å². The lowest BCUT2D eigenvalue weighted by Crippen LogP contribution is -2.10. The average Bonchev–Trinajstić information content (AvgIpc) is 2.72. The van der Waals surface area contributed by atoms with Crippen LogP contribution in [0.4, 0.5) is 5.69 Å². The number of aryl methyl sites for hydroxylation is 1. The van der Waals surface area contributed by atoms with E-state index in [2.05, 4.69) is 10.3 Å². The van der Waals surface area contributed by atoms with E-state index in [9.17, 15) is 4.79 Å². The molecule has 1 N–H and O–H groups in total. The summed E-state index contributed by atoms with van der Waals surface area (Å²) in [5.74, 6) is 0.0000163. The molecule has 0 saturated carbocycles. The fourth-order valence-electron chi connectivity index (χ4n) is 3.05. The third-order valence-corrected chi connectivity index (χ3v) is 4.50. The first-order chi connectivity index (χ1) is 13.2. The van der Waals surface area contributed by atoms with E-state index in [0.29, 0.717) is 17.7 Å². The Bertz CT molecular complexity index is 1110. The van der Waals surface area contributed by atoms with Gasteiger partial charge in [0.15, 0.2) is 5.78 Å². The third-order valence-electron chi connectivity index (χ3n) is 4.50. The minimum atomic E-state index is 0.0000163. The number of rotatable bonds is 5. The van der Waals surface area contributed by atoms with Crippen LogP contribution in [0.3, 0.4) is 0 Å². The van der Waals surface area contributed by atoms with Crippen molar-refractivity contribution in [1.82, 2.24) is 9.97 Å². The van der Waals surface area contributed by atoms with Crippen molar-refractivity contribution in [3.8, 4) is 0 Å². The maximum absolute atomic E-state index is 12.9. The van der Waals surface area contributed by atoms with E-state index >= 15 is 0 Å². The zero-order valence-corrected chi connectivity index (χ0v) is 15.0. The molecule has 1 heterocycles. The van der Waals surface area contributed by atoms with Crippen molar-refractivity contribution in [3.63, 3.8) is 0 Å². The lowest BCUT2D eigenvalue weighted by molar-refractivity contribution is 0.103. The molecule has 3 aromatic carbocycles. The fraction of sp³-hybridized carbons (Fsp3) is 0.0870. The highest BCUT2D eigenvalue weighted by Gasteiger charge is 2.13. The number of aromatic nitrogens is 2. The minimum Gasteiger partial charge on any atom is -0.379 e. The summed E-state index contributed by atoms with van der Waals surface area (Å²) in [5.41, 5.74) is 5.62. The number of hydrogen-bond acceptors (Lipinski definition) is 4. The second kappa shape index (κ2) is 7.38. The van der Waals surface area contributed by atoms with Crippen LogP contribution in [0.5, 0.6) is 0 Å². The van der Waals surface area contributed by atoms with E-state index in [4.69, 9.17) is 4.98 Å². The average molecular weight is 353 g/mol. The molecule has 4 aromatic rings. The monoisotopic (exact) mass is 353 g/mol. The van der Waals surface area contributed by atoms with Crippen LogP contribution in [0.1, 0.15) is 27.3 Å². The number of benzene rings is 3. The second-order valence-electron chi connectivity index (χ2n) is 6.34. The largest absolute Gasteiger partial charge is 0.379 e. The van der Waals surface area contributed by atoms with Gasteiger partial charge < -0.3 is 5.32 Å². The van der Waals surface area contributed by atoms with Crippen LogP contribution < -0.4 is 5.32 Å². The van der Waals surface area contributed by atoms with Crippen molar-refractivity contribution in [2.75, 3.05) is 5.32 Å². The number of fused-ring (bicyclic) bond motifs is 1. The molecule has 0 unspecified atom stereocenters. The van der Waals surface area contributed by atoms with Crippen molar-refractivity contribution >= 4 is 22.5 Å². The maximum Gasteiger partial charge on any atom is 0.195 e. The van der Waals surface area contributed by atoms with Crippen molar-refractivity contribution in [2.24, 2.45) is 0 Å². The molecule has 0 spiro atoms. The highest BCUT2D eigenvalue weighted by atomic mass is 16.1. The summed E-state index contributed by atoms with van der Waals surface area (Å²) in [7, 11) is 0. The standard InChI is InChI=1S/C23H19N3O/c1-16-22(26-21-14-8-7-13-20(21)25-16)15-24-19-12-6-5-11-18(19)23(27)17-9-3-2-4-10-17/h2-14,24H,15H2,1H3. The van der Waals surface area contributed by atoms with Crippen molar-refractivity contribution < 1.29 is 4.79 Å². The van der Waals surface area contributed by atoms with Gasteiger partial charge in [-0.3, -0.25) is 4.79 Å². The fourth-order valence-corrected chi connectivity index (χ4v) is 3.05. The number of carbonyl (C=O) groups excluding carboxylic acids is 1. The van der Waals surface area contributed by atoms with Gasteiger partial charge in [0.05, 0.1) is 29.0 Å². The molecule has 1 aromatic heterocycles. The number of anilines is 1. The molecule has 4 rings (SSSR count). The number of ketones is 1. The van der Waals surface area contributed by atoms with Gasteiger partial charge in [0.25, 0.3) is 0 Å². The quantitative estimate of drug-likeness (QED) is 0.525. The molecule has 4 nitrogen and oxygen atoms in total. The van der Waals surface area contributed by atoms with Crippen LogP contribution in [0, 0.1) is 6.92 Å². The Morgan fingerprint density at radius 2 is 1.44 bits per heavy atom. The van der Waals surface area contributed by atoms with Crippen LogP contribution in [-0.2, 0) is 6.54 Å².